The van der Waals surface area contributed by atoms with Crippen LogP contribution in [0.3, 0.4) is 0 Å². The number of amides is 1. The van der Waals surface area contributed by atoms with Crippen LogP contribution in [0.15, 0.2) is 40.4 Å². The van der Waals surface area contributed by atoms with Crippen molar-refractivity contribution in [3.63, 3.8) is 0 Å². The summed E-state index contributed by atoms with van der Waals surface area (Å²) in [5.41, 5.74) is 2.22. The Balaban J connectivity index is 2.10. The summed E-state index contributed by atoms with van der Waals surface area (Å²) < 4.78 is 2.07. The van der Waals surface area contributed by atoms with E-state index in [9.17, 15) is 4.79 Å². The van der Waals surface area contributed by atoms with E-state index in [4.69, 9.17) is 0 Å². The van der Waals surface area contributed by atoms with Gasteiger partial charge >= 0.3 is 0 Å². The second-order valence-electron chi connectivity index (χ2n) is 4.69. The predicted molar refractivity (Wildman–Crippen MR) is 84.6 cm³/mol. The monoisotopic (exact) mass is 285 g/mol. The molecule has 0 bridgehead atoms. The number of rotatable bonds is 1. The number of likely N-dealkylation sites (N-methyl/N-ethyl adjacent to an activating group) is 1. The highest BCUT2D eigenvalue weighted by atomic mass is 32.2. The molecule has 4 nitrogen and oxygen atoms in total. The van der Waals surface area contributed by atoms with Crippen molar-refractivity contribution in [1.82, 2.24) is 9.47 Å². The molecule has 20 heavy (non-hydrogen) atoms. The molecule has 0 atom stereocenters. The zero-order valence-corrected chi connectivity index (χ0v) is 12.4. The number of nitrogens with zero attached hydrogens (tertiary/aromatic N) is 3. The molecule has 102 valence electrons. The van der Waals surface area contributed by atoms with Gasteiger partial charge in [0.15, 0.2) is 5.17 Å². The van der Waals surface area contributed by atoms with Crippen LogP contribution >= 0.6 is 11.8 Å². The number of carbonyl (C=O) groups excluding carboxylic acids is 1. The smallest absolute Gasteiger partial charge is 0.266 e. The number of amidine groups is 1. The Bertz CT molecular complexity index is 758. The van der Waals surface area contributed by atoms with Crippen LogP contribution in [0.25, 0.3) is 17.0 Å². The van der Waals surface area contributed by atoms with E-state index in [0.29, 0.717) is 4.91 Å². The van der Waals surface area contributed by atoms with Crippen LogP contribution < -0.4 is 0 Å². The summed E-state index contributed by atoms with van der Waals surface area (Å²) >= 11 is 1.42. The zero-order valence-electron chi connectivity index (χ0n) is 11.6. The van der Waals surface area contributed by atoms with Crippen LogP contribution in [0, 0.1) is 0 Å². The number of carbonyl (C=O) groups is 1. The third kappa shape index (κ3) is 1.94. The lowest BCUT2D eigenvalue weighted by Gasteiger charge is -2.04. The average molecular weight is 285 g/mol. The van der Waals surface area contributed by atoms with E-state index in [1.165, 1.54) is 11.8 Å². The highest BCUT2D eigenvalue weighted by molar-refractivity contribution is 8.18. The van der Waals surface area contributed by atoms with Gasteiger partial charge in [0, 0.05) is 43.8 Å². The quantitative estimate of drug-likeness (QED) is 0.756. The van der Waals surface area contributed by atoms with E-state index >= 15 is 0 Å². The number of benzene rings is 1. The Morgan fingerprint density at radius 2 is 2.00 bits per heavy atom. The standard InChI is InChI=1S/C15H15N3OS/c1-16-15-18(3)14(19)13(20-15)8-10-9-17(2)12-7-5-4-6-11(10)12/h4-9H,1-3H3/b13-8-,16-15?. The van der Waals surface area contributed by atoms with Gasteiger partial charge in [0.05, 0.1) is 4.91 Å². The summed E-state index contributed by atoms with van der Waals surface area (Å²) in [7, 11) is 5.47. The van der Waals surface area contributed by atoms with Gasteiger partial charge in [-0.15, -0.1) is 0 Å². The van der Waals surface area contributed by atoms with Gasteiger partial charge in [0.1, 0.15) is 0 Å². The first kappa shape index (κ1) is 13.0. The summed E-state index contributed by atoms with van der Waals surface area (Å²) in [6, 6.07) is 8.18. The lowest BCUT2D eigenvalue weighted by Crippen LogP contribution is -2.23. The van der Waals surface area contributed by atoms with E-state index in [0.717, 1.165) is 21.6 Å². The second-order valence-corrected chi connectivity index (χ2v) is 5.70. The molecule has 0 N–H and O–H groups in total. The fourth-order valence-electron chi connectivity index (χ4n) is 2.38. The van der Waals surface area contributed by atoms with Crippen LogP contribution in [0.2, 0.25) is 0 Å². The van der Waals surface area contributed by atoms with Crippen molar-refractivity contribution in [2.75, 3.05) is 14.1 Å². The number of hydrogen-bond acceptors (Lipinski definition) is 3. The topological polar surface area (TPSA) is 37.6 Å². The van der Waals surface area contributed by atoms with E-state index < -0.39 is 0 Å². The van der Waals surface area contributed by atoms with Crippen molar-refractivity contribution in [2.45, 2.75) is 0 Å². The highest BCUT2D eigenvalue weighted by Gasteiger charge is 2.29. The second kappa shape index (κ2) is 4.83. The number of fused-ring (bicyclic) bond motifs is 1. The normalized spacial score (nSPS) is 19.8. The molecule has 0 saturated carbocycles. The van der Waals surface area contributed by atoms with Crippen molar-refractivity contribution in [2.24, 2.45) is 12.0 Å². The number of hydrogen-bond donors (Lipinski definition) is 0. The molecule has 2 heterocycles. The predicted octanol–water partition coefficient (Wildman–Crippen LogP) is 2.71. The first-order chi connectivity index (χ1) is 9.61. The molecule has 1 aromatic heterocycles. The summed E-state index contributed by atoms with van der Waals surface area (Å²) in [6.07, 6.45) is 4.00. The van der Waals surface area contributed by atoms with Crippen LogP contribution in [0.1, 0.15) is 5.56 Å². The van der Waals surface area contributed by atoms with Crippen LogP contribution in [-0.2, 0) is 11.8 Å². The Morgan fingerprint density at radius 1 is 1.25 bits per heavy atom. The van der Waals surface area contributed by atoms with Gasteiger partial charge in [0.25, 0.3) is 5.91 Å². The van der Waals surface area contributed by atoms with Gasteiger partial charge in [-0.25, -0.2) is 0 Å². The van der Waals surface area contributed by atoms with E-state index in [2.05, 4.69) is 21.7 Å². The number of aromatic nitrogens is 1. The SMILES string of the molecule is CN=C1S/C(=C\c2cn(C)c3ccccc23)C(=O)N1C. The minimum atomic E-state index is 0.00327. The number of aryl methyl sites for hydroxylation is 1. The zero-order chi connectivity index (χ0) is 14.3. The molecule has 0 radical (unpaired) electrons. The maximum absolute atomic E-state index is 12.2. The highest BCUT2D eigenvalue weighted by Crippen LogP contribution is 2.33. The van der Waals surface area contributed by atoms with E-state index in [1.807, 2.05) is 31.5 Å². The molecule has 0 spiro atoms. The molecule has 1 aliphatic heterocycles. The molecule has 0 aliphatic carbocycles. The first-order valence-electron chi connectivity index (χ1n) is 6.30. The van der Waals surface area contributed by atoms with Gasteiger partial charge in [0.2, 0.25) is 0 Å². The number of aliphatic imine (C=N–C) groups is 1. The Labute approximate surface area is 121 Å². The van der Waals surface area contributed by atoms with Crippen LogP contribution in [-0.4, -0.2) is 34.6 Å². The number of thioether (sulfide) groups is 1. The van der Waals surface area contributed by atoms with Gasteiger partial charge in [-0.3, -0.25) is 14.7 Å². The average Bonchev–Trinajstić information content (AvgIpc) is 2.92. The molecule has 1 amide bonds. The summed E-state index contributed by atoms with van der Waals surface area (Å²) in [5.74, 6) is 0.00327. The molecule has 1 fully saturated rings. The molecule has 1 saturated heterocycles. The van der Waals surface area contributed by atoms with Crippen molar-refractivity contribution in [3.8, 4) is 0 Å². The third-order valence-corrected chi connectivity index (χ3v) is 4.56. The van der Waals surface area contributed by atoms with Crippen molar-refractivity contribution in [3.05, 3.63) is 40.9 Å². The van der Waals surface area contributed by atoms with Gasteiger partial charge in [-0.05, 0) is 23.9 Å². The molecule has 1 aliphatic rings. The third-order valence-electron chi connectivity index (χ3n) is 3.41. The minimum Gasteiger partial charge on any atom is -0.350 e. The summed E-state index contributed by atoms with van der Waals surface area (Å²) in [5, 5.41) is 1.89. The van der Waals surface area contributed by atoms with Crippen molar-refractivity contribution < 1.29 is 4.79 Å². The van der Waals surface area contributed by atoms with Crippen LogP contribution in [0.5, 0.6) is 0 Å². The maximum atomic E-state index is 12.2. The molecule has 0 unspecified atom stereocenters. The fraction of sp³-hybridized carbons (Fsp3) is 0.200. The lowest BCUT2D eigenvalue weighted by molar-refractivity contribution is -0.121. The first-order valence-corrected chi connectivity index (χ1v) is 7.12. The summed E-state index contributed by atoms with van der Waals surface area (Å²) in [6.45, 7) is 0. The largest absolute Gasteiger partial charge is 0.350 e. The molecule has 3 rings (SSSR count). The molecular weight excluding hydrogens is 270 g/mol. The van der Waals surface area contributed by atoms with Crippen molar-refractivity contribution >= 4 is 39.8 Å². The molecule has 5 heteroatoms. The van der Waals surface area contributed by atoms with E-state index in [-0.39, 0.29) is 5.91 Å². The van der Waals surface area contributed by atoms with Crippen molar-refractivity contribution in [1.29, 1.82) is 0 Å². The maximum Gasteiger partial charge on any atom is 0.266 e. The van der Waals surface area contributed by atoms with E-state index in [1.54, 1.807) is 19.0 Å². The Kier molecular flexibility index (Phi) is 3.14. The Morgan fingerprint density at radius 3 is 2.70 bits per heavy atom. The van der Waals surface area contributed by atoms with Crippen LogP contribution in [0.4, 0.5) is 0 Å². The van der Waals surface area contributed by atoms with Gasteiger partial charge in [-0.2, -0.15) is 0 Å². The Hall–Kier alpha value is -2.01. The fourth-order valence-corrected chi connectivity index (χ4v) is 3.30. The molecular formula is C15H15N3OS. The van der Waals surface area contributed by atoms with Gasteiger partial charge in [-0.1, -0.05) is 18.2 Å². The lowest BCUT2D eigenvalue weighted by atomic mass is 10.1. The summed E-state index contributed by atoms with van der Waals surface area (Å²) in [4.78, 5) is 18.6. The molecule has 1 aromatic carbocycles. The minimum absolute atomic E-state index is 0.00327. The number of para-hydroxylation sites is 1. The van der Waals surface area contributed by atoms with Gasteiger partial charge < -0.3 is 4.57 Å². The molecule has 2 aromatic rings.